The quantitative estimate of drug-likeness (QED) is 0.771. The van der Waals surface area contributed by atoms with Crippen LogP contribution in [-0.4, -0.2) is 67.6 Å². The van der Waals surface area contributed by atoms with Gasteiger partial charge in [0.25, 0.3) is 10.2 Å². The van der Waals surface area contributed by atoms with Gasteiger partial charge in [-0.05, 0) is 43.4 Å². The number of carbonyl (C=O) groups excluding carboxylic acids is 1. The molecule has 150 valence electrons. The van der Waals surface area contributed by atoms with Crippen molar-refractivity contribution in [2.45, 2.75) is 31.7 Å². The van der Waals surface area contributed by atoms with Crippen molar-refractivity contribution in [3.8, 4) is 0 Å². The van der Waals surface area contributed by atoms with Crippen LogP contribution >= 0.6 is 0 Å². The van der Waals surface area contributed by atoms with Gasteiger partial charge in [-0.1, -0.05) is 0 Å². The molecule has 2 aliphatic heterocycles. The van der Waals surface area contributed by atoms with E-state index in [1.807, 2.05) is 0 Å². The molecular formula is C18H25F2N3O3S. The van der Waals surface area contributed by atoms with Crippen molar-refractivity contribution in [2.75, 3.05) is 33.7 Å². The van der Waals surface area contributed by atoms with Gasteiger partial charge in [0.15, 0.2) is 0 Å². The van der Waals surface area contributed by atoms with Gasteiger partial charge in [0.1, 0.15) is 11.6 Å². The zero-order valence-corrected chi connectivity index (χ0v) is 16.4. The van der Waals surface area contributed by atoms with Crippen LogP contribution in [0.1, 0.15) is 24.8 Å². The van der Waals surface area contributed by atoms with Crippen LogP contribution < -0.4 is 0 Å². The van der Waals surface area contributed by atoms with Gasteiger partial charge in [0, 0.05) is 45.3 Å². The van der Waals surface area contributed by atoms with Crippen LogP contribution in [0.4, 0.5) is 8.78 Å². The molecule has 0 aromatic heterocycles. The number of likely N-dealkylation sites (tertiary alicyclic amines) is 1. The predicted molar refractivity (Wildman–Crippen MR) is 97.1 cm³/mol. The molecule has 1 aromatic carbocycles. The van der Waals surface area contributed by atoms with Crippen LogP contribution in [-0.2, 0) is 21.4 Å². The largest absolute Gasteiger partial charge is 0.339 e. The first kappa shape index (κ1) is 20.2. The number of hydrogen-bond donors (Lipinski definition) is 0. The van der Waals surface area contributed by atoms with E-state index in [4.69, 9.17) is 0 Å². The van der Waals surface area contributed by atoms with Crippen LogP contribution in [0.5, 0.6) is 0 Å². The molecule has 0 unspecified atom stereocenters. The molecule has 3 rings (SSSR count). The molecule has 0 aliphatic carbocycles. The lowest BCUT2D eigenvalue weighted by atomic mass is 9.84. The fraction of sp³-hybridized carbons (Fsp3) is 0.611. The molecule has 27 heavy (non-hydrogen) atoms. The molecule has 1 aromatic rings. The monoisotopic (exact) mass is 401 g/mol. The maximum absolute atomic E-state index is 13.9. The molecule has 1 amide bonds. The Bertz CT molecular complexity index is 816. The summed E-state index contributed by atoms with van der Waals surface area (Å²) in [6.07, 6.45) is 1.98. The van der Waals surface area contributed by atoms with Crippen LogP contribution in [0.25, 0.3) is 0 Å². The first-order chi connectivity index (χ1) is 12.7. The molecule has 0 N–H and O–H groups in total. The first-order valence-corrected chi connectivity index (χ1v) is 10.5. The van der Waals surface area contributed by atoms with Crippen LogP contribution in [0, 0.1) is 17.6 Å². The Morgan fingerprint density at radius 2 is 1.96 bits per heavy atom. The van der Waals surface area contributed by atoms with E-state index in [-0.39, 0.29) is 29.9 Å². The molecule has 2 aliphatic rings. The lowest BCUT2D eigenvalue weighted by Gasteiger charge is -2.47. The van der Waals surface area contributed by atoms with E-state index in [1.165, 1.54) is 22.7 Å². The van der Waals surface area contributed by atoms with Crippen LogP contribution in [0.3, 0.4) is 0 Å². The molecule has 6 nitrogen and oxygen atoms in total. The van der Waals surface area contributed by atoms with Crippen molar-refractivity contribution in [3.63, 3.8) is 0 Å². The van der Waals surface area contributed by atoms with Gasteiger partial charge in [-0.25, -0.2) is 8.78 Å². The zero-order valence-electron chi connectivity index (χ0n) is 15.6. The Morgan fingerprint density at radius 1 is 1.22 bits per heavy atom. The highest BCUT2D eigenvalue weighted by atomic mass is 32.2. The van der Waals surface area contributed by atoms with E-state index < -0.39 is 21.8 Å². The van der Waals surface area contributed by atoms with E-state index in [2.05, 4.69) is 0 Å². The number of hydrogen-bond acceptors (Lipinski definition) is 3. The van der Waals surface area contributed by atoms with Gasteiger partial charge in [-0.15, -0.1) is 0 Å². The minimum Gasteiger partial charge on any atom is -0.339 e. The number of benzene rings is 1. The second kappa shape index (κ2) is 7.81. The van der Waals surface area contributed by atoms with Crippen molar-refractivity contribution < 1.29 is 22.0 Å². The van der Waals surface area contributed by atoms with E-state index in [0.29, 0.717) is 26.1 Å². The fourth-order valence-corrected chi connectivity index (χ4v) is 5.24. The van der Waals surface area contributed by atoms with Gasteiger partial charge < -0.3 is 4.90 Å². The predicted octanol–water partition coefficient (Wildman–Crippen LogP) is 1.63. The van der Waals surface area contributed by atoms with E-state index in [9.17, 15) is 22.0 Å². The lowest BCUT2D eigenvalue weighted by Crippen LogP contribution is -2.58. The minimum absolute atomic E-state index is 0.0507. The van der Waals surface area contributed by atoms with Crippen molar-refractivity contribution in [2.24, 2.45) is 5.92 Å². The third kappa shape index (κ3) is 4.14. The standard InChI is InChI=1S/C18H25F2N3O3S/c1-21(2)27(25,26)22-9-7-17-13(12-22)4-3-8-23(17)18(24)11-14-10-15(19)5-6-16(14)20/h5-6,10,13,17H,3-4,7-9,11-12H2,1-2H3/t13-,17+/m1/s1. The van der Waals surface area contributed by atoms with E-state index in [1.54, 1.807) is 4.90 Å². The summed E-state index contributed by atoms with van der Waals surface area (Å²) in [5, 5.41) is 0. The number of fused-ring (bicyclic) bond motifs is 1. The molecule has 0 saturated carbocycles. The molecule has 2 fully saturated rings. The number of piperidine rings is 2. The Kier molecular flexibility index (Phi) is 5.83. The highest BCUT2D eigenvalue weighted by Gasteiger charge is 2.41. The van der Waals surface area contributed by atoms with Crippen LogP contribution in [0.2, 0.25) is 0 Å². The summed E-state index contributed by atoms with van der Waals surface area (Å²) in [6.45, 7) is 1.29. The molecule has 9 heteroatoms. The summed E-state index contributed by atoms with van der Waals surface area (Å²) in [4.78, 5) is 14.5. The van der Waals surface area contributed by atoms with Crippen LogP contribution in [0.15, 0.2) is 18.2 Å². The summed E-state index contributed by atoms with van der Waals surface area (Å²) in [6, 6.07) is 3.06. The third-order valence-corrected chi connectivity index (χ3v) is 7.40. The Labute approximate surface area is 158 Å². The first-order valence-electron chi connectivity index (χ1n) is 9.11. The van der Waals surface area contributed by atoms with Gasteiger partial charge in [0.05, 0.1) is 6.42 Å². The molecule has 2 atom stereocenters. The highest BCUT2D eigenvalue weighted by molar-refractivity contribution is 7.86. The Morgan fingerprint density at radius 3 is 2.67 bits per heavy atom. The molecule has 2 saturated heterocycles. The SMILES string of the molecule is CN(C)S(=O)(=O)N1CC[C@H]2[C@H](CCCN2C(=O)Cc2cc(F)ccc2F)C1. The fourth-order valence-electron chi connectivity index (χ4n) is 4.06. The average Bonchev–Trinajstić information content (AvgIpc) is 2.63. The number of rotatable bonds is 4. The zero-order chi connectivity index (χ0) is 19.8. The number of amides is 1. The van der Waals surface area contributed by atoms with E-state index >= 15 is 0 Å². The molecule has 0 bridgehead atoms. The molecule has 0 spiro atoms. The average molecular weight is 401 g/mol. The summed E-state index contributed by atoms with van der Waals surface area (Å²) in [7, 11) is -0.464. The van der Waals surface area contributed by atoms with E-state index in [0.717, 1.165) is 31.0 Å². The maximum Gasteiger partial charge on any atom is 0.281 e. The second-order valence-corrected chi connectivity index (χ2v) is 9.55. The number of halogens is 2. The molecular weight excluding hydrogens is 376 g/mol. The molecule has 0 radical (unpaired) electrons. The summed E-state index contributed by atoms with van der Waals surface area (Å²) in [5.41, 5.74) is 0.0507. The Balaban J connectivity index is 1.72. The van der Waals surface area contributed by atoms with Crippen molar-refractivity contribution in [3.05, 3.63) is 35.4 Å². The topological polar surface area (TPSA) is 60.9 Å². The molecule has 2 heterocycles. The van der Waals surface area contributed by atoms with Gasteiger partial charge >= 0.3 is 0 Å². The van der Waals surface area contributed by atoms with Gasteiger partial charge in [-0.3, -0.25) is 4.79 Å². The van der Waals surface area contributed by atoms with Crippen molar-refractivity contribution in [1.82, 2.24) is 13.5 Å². The normalized spacial score (nSPS) is 24.1. The number of carbonyl (C=O) groups is 1. The van der Waals surface area contributed by atoms with Gasteiger partial charge in [-0.2, -0.15) is 17.0 Å². The second-order valence-electron chi connectivity index (χ2n) is 7.41. The summed E-state index contributed by atoms with van der Waals surface area (Å²) < 4.78 is 54.7. The summed E-state index contributed by atoms with van der Waals surface area (Å²) >= 11 is 0. The maximum atomic E-state index is 13.9. The number of nitrogens with zero attached hydrogens (tertiary/aromatic N) is 3. The Hall–Kier alpha value is -1.58. The van der Waals surface area contributed by atoms with Crippen molar-refractivity contribution in [1.29, 1.82) is 0 Å². The minimum atomic E-state index is -3.48. The smallest absolute Gasteiger partial charge is 0.281 e. The van der Waals surface area contributed by atoms with Gasteiger partial charge in [0.2, 0.25) is 5.91 Å². The highest BCUT2D eigenvalue weighted by Crippen LogP contribution is 2.32. The lowest BCUT2D eigenvalue weighted by molar-refractivity contribution is -0.137. The van der Waals surface area contributed by atoms with Crippen molar-refractivity contribution >= 4 is 16.1 Å². The third-order valence-electron chi connectivity index (χ3n) is 5.49. The summed E-state index contributed by atoms with van der Waals surface area (Å²) in [5.74, 6) is -1.34.